The summed E-state index contributed by atoms with van der Waals surface area (Å²) in [5, 5.41) is 20.0. The van der Waals surface area contributed by atoms with Crippen molar-refractivity contribution in [2.24, 2.45) is 0 Å². The van der Waals surface area contributed by atoms with Gasteiger partial charge in [0.05, 0.1) is 6.04 Å². The lowest BCUT2D eigenvalue weighted by atomic mass is 10.3. The summed E-state index contributed by atoms with van der Waals surface area (Å²) in [7, 11) is 0. The zero-order valence-electron chi connectivity index (χ0n) is 11.2. The molecular weight excluding hydrogens is 290 g/mol. The number of nitrogens with zero attached hydrogens (tertiary/aromatic N) is 5. The summed E-state index contributed by atoms with van der Waals surface area (Å²) in [6.45, 7) is 1.87. The molecule has 3 aromatic rings. The van der Waals surface area contributed by atoms with E-state index in [1.54, 1.807) is 0 Å². The topological polar surface area (TPSA) is 112 Å². The Morgan fingerprint density at radius 3 is 2.57 bits per heavy atom. The lowest BCUT2D eigenvalue weighted by Gasteiger charge is -2.09. The molecule has 0 saturated carbocycles. The molecule has 1 aromatic carbocycles. The van der Waals surface area contributed by atoms with Gasteiger partial charge in [0.15, 0.2) is 0 Å². The molecule has 3 N–H and O–H groups in total. The Labute approximate surface area is 124 Å². The molecule has 0 spiro atoms. The monoisotopic (exact) mass is 303 g/mol. The molecule has 0 aliphatic rings. The minimum Gasteiger partial charge on any atom is -0.374 e. The van der Waals surface area contributed by atoms with Crippen molar-refractivity contribution in [1.29, 1.82) is 0 Å². The predicted octanol–water partition coefficient (Wildman–Crippen LogP) is 0.742. The van der Waals surface area contributed by atoms with Crippen LogP contribution in [-0.4, -0.2) is 31.1 Å². The van der Waals surface area contributed by atoms with Crippen LogP contribution in [0.1, 0.15) is 18.0 Å². The number of nitrogens with one attached hydrogen (secondary N) is 1. The summed E-state index contributed by atoms with van der Waals surface area (Å²) in [5.74, 6) is -0.198. The van der Waals surface area contributed by atoms with E-state index in [0.717, 1.165) is 11.0 Å². The van der Waals surface area contributed by atoms with E-state index in [4.69, 9.17) is 5.73 Å². The summed E-state index contributed by atoms with van der Waals surface area (Å²) in [6.07, 6.45) is 0. The van der Waals surface area contributed by atoms with E-state index < -0.39 is 0 Å². The highest BCUT2D eigenvalue weighted by molar-refractivity contribution is 7.15. The number of carbonyl (C=O) groups excluding carboxylic acids is 1. The van der Waals surface area contributed by atoms with E-state index in [0.29, 0.717) is 10.1 Å². The Bertz CT molecular complexity index is 748. The minimum atomic E-state index is -0.253. The summed E-state index contributed by atoms with van der Waals surface area (Å²) < 4.78 is 0. The molecule has 0 aliphatic carbocycles. The standard InChI is InChI=1S/C12H13N7OS/c1-7(11-15-16-12(13)21-11)14-10(20)6-19-17-8-4-2-3-5-9(8)18-19/h2-5,7H,6H2,1H3,(H2,13,16)(H,14,20)/t7-/m1/s1. The number of nitrogen functional groups attached to an aromatic ring is 1. The van der Waals surface area contributed by atoms with Crippen LogP contribution in [0.15, 0.2) is 24.3 Å². The number of amides is 1. The number of rotatable bonds is 4. The SMILES string of the molecule is C[C@@H](NC(=O)Cn1nc2ccccc2n1)c1nnc(N)s1. The Morgan fingerprint density at radius 1 is 1.33 bits per heavy atom. The van der Waals surface area contributed by atoms with Crippen LogP contribution >= 0.6 is 11.3 Å². The third-order valence-corrected chi connectivity index (χ3v) is 3.75. The number of anilines is 1. The van der Waals surface area contributed by atoms with Crippen molar-refractivity contribution in [2.75, 3.05) is 5.73 Å². The zero-order chi connectivity index (χ0) is 14.8. The fourth-order valence-corrected chi connectivity index (χ4v) is 2.49. The minimum absolute atomic E-state index is 0.0489. The number of nitrogens with two attached hydrogens (primary N) is 1. The van der Waals surface area contributed by atoms with Crippen molar-refractivity contribution in [3.63, 3.8) is 0 Å². The molecule has 0 aliphatic heterocycles. The van der Waals surface area contributed by atoms with Gasteiger partial charge >= 0.3 is 0 Å². The average Bonchev–Trinajstić information content (AvgIpc) is 3.03. The van der Waals surface area contributed by atoms with Gasteiger partial charge in [-0.15, -0.1) is 10.2 Å². The summed E-state index contributed by atoms with van der Waals surface area (Å²) in [6, 6.07) is 7.21. The van der Waals surface area contributed by atoms with Gasteiger partial charge in [0, 0.05) is 0 Å². The van der Waals surface area contributed by atoms with Crippen molar-refractivity contribution >= 4 is 33.4 Å². The summed E-state index contributed by atoms with van der Waals surface area (Å²) in [4.78, 5) is 13.4. The predicted molar refractivity (Wildman–Crippen MR) is 78.4 cm³/mol. The molecule has 8 nitrogen and oxygen atoms in total. The highest BCUT2D eigenvalue weighted by atomic mass is 32.1. The Hall–Kier alpha value is -2.55. The largest absolute Gasteiger partial charge is 0.374 e. The number of hydrogen-bond acceptors (Lipinski definition) is 7. The van der Waals surface area contributed by atoms with Crippen molar-refractivity contribution in [2.45, 2.75) is 19.5 Å². The maximum absolute atomic E-state index is 12.0. The molecule has 0 radical (unpaired) electrons. The van der Waals surface area contributed by atoms with E-state index >= 15 is 0 Å². The molecule has 1 atom stereocenters. The first-order chi connectivity index (χ1) is 10.1. The third kappa shape index (κ3) is 2.97. The first kappa shape index (κ1) is 13.4. The summed E-state index contributed by atoms with van der Waals surface area (Å²) >= 11 is 1.25. The van der Waals surface area contributed by atoms with Crippen LogP contribution in [0.4, 0.5) is 5.13 Å². The highest BCUT2D eigenvalue weighted by Crippen LogP contribution is 2.18. The molecular formula is C12H13N7OS. The first-order valence-electron chi connectivity index (χ1n) is 6.30. The lowest BCUT2D eigenvalue weighted by molar-refractivity contribution is -0.122. The number of hydrogen-bond donors (Lipinski definition) is 2. The zero-order valence-corrected chi connectivity index (χ0v) is 12.0. The molecule has 9 heteroatoms. The number of fused-ring (bicyclic) bond motifs is 1. The van der Waals surface area contributed by atoms with Crippen molar-refractivity contribution in [3.8, 4) is 0 Å². The van der Waals surface area contributed by atoms with Gasteiger partial charge in [-0.2, -0.15) is 15.0 Å². The molecule has 0 saturated heterocycles. The fourth-order valence-electron chi connectivity index (χ4n) is 1.87. The highest BCUT2D eigenvalue weighted by Gasteiger charge is 2.15. The van der Waals surface area contributed by atoms with Gasteiger partial charge in [-0.05, 0) is 19.1 Å². The van der Waals surface area contributed by atoms with Gasteiger partial charge in [-0.25, -0.2) is 0 Å². The Balaban J connectivity index is 1.66. The molecule has 108 valence electrons. The van der Waals surface area contributed by atoms with Crippen LogP contribution in [0.2, 0.25) is 0 Å². The first-order valence-corrected chi connectivity index (χ1v) is 7.11. The van der Waals surface area contributed by atoms with Gasteiger partial charge in [0.2, 0.25) is 11.0 Å². The molecule has 0 unspecified atom stereocenters. The van der Waals surface area contributed by atoms with Crippen LogP contribution < -0.4 is 11.1 Å². The quantitative estimate of drug-likeness (QED) is 0.735. The average molecular weight is 303 g/mol. The van der Waals surface area contributed by atoms with Crippen LogP contribution in [-0.2, 0) is 11.3 Å². The molecule has 3 rings (SSSR count). The van der Waals surface area contributed by atoms with E-state index in [2.05, 4.69) is 25.7 Å². The van der Waals surface area contributed by atoms with E-state index in [1.165, 1.54) is 16.1 Å². The second-order valence-corrected chi connectivity index (χ2v) is 5.53. The molecule has 0 bridgehead atoms. The maximum atomic E-state index is 12.0. The lowest BCUT2D eigenvalue weighted by Crippen LogP contribution is -2.30. The molecule has 2 aromatic heterocycles. The van der Waals surface area contributed by atoms with Crippen molar-refractivity contribution in [3.05, 3.63) is 29.3 Å². The second-order valence-electron chi connectivity index (χ2n) is 4.49. The van der Waals surface area contributed by atoms with Gasteiger partial charge in [0.1, 0.15) is 22.6 Å². The van der Waals surface area contributed by atoms with Crippen molar-refractivity contribution in [1.82, 2.24) is 30.5 Å². The van der Waals surface area contributed by atoms with Gasteiger partial charge in [-0.3, -0.25) is 4.79 Å². The molecule has 2 heterocycles. The maximum Gasteiger partial charge on any atom is 0.244 e. The fraction of sp³-hybridized carbons (Fsp3) is 0.250. The van der Waals surface area contributed by atoms with Crippen LogP contribution in [0.5, 0.6) is 0 Å². The van der Waals surface area contributed by atoms with Gasteiger partial charge in [-0.1, -0.05) is 23.5 Å². The normalized spacial score (nSPS) is 12.4. The number of benzene rings is 1. The summed E-state index contributed by atoms with van der Waals surface area (Å²) in [5.41, 5.74) is 7.04. The van der Waals surface area contributed by atoms with Crippen molar-refractivity contribution < 1.29 is 4.79 Å². The van der Waals surface area contributed by atoms with E-state index in [-0.39, 0.29) is 18.5 Å². The number of carbonyl (C=O) groups is 1. The van der Waals surface area contributed by atoms with Gasteiger partial charge in [0.25, 0.3) is 0 Å². The van der Waals surface area contributed by atoms with Crippen LogP contribution in [0.25, 0.3) is 11.0 Å². The smallest absolute Gasteiger partial charge is 0.244 e. The van der Waals surface area contributed by atoms with Crippen LogP contribution in [0.3, 0.4) is 0 Å². The second kappa shape index (κ2) is 5.44. The van der Waals surface area contributed by atoms with E-state index in [1.807, 2.05) is 31.2 Å². The molecule has 0 fully saturated rings. The Morgan fingerprint density at radius 2 is 2.00 bits per heavy atom. The Kier molecular flexibility index (Phi) is 3.48. The molecule has 21 heavy (non-hydrogen) atoms. The van der Waals surface area contributed by atoms with E-state index in [9.17, 15) is 4.79 Å². The third-order valence-electron chi connectivity index (χ3n) is 2.82. The number of aromatic nitrogens is 5. The molecule has 1 amide bonds. The van der Waals surface area contributed by atoms with Gasteiger partial charge < -0.3 is 11.1 Å². The van der Waals surface area contributed by atoms with Crippen LogP contribution in [0, 0.1) is 0 Å².